The third-order valence-corrected chi connectivity index (χ3v) is 5.15. The maximum Gasteiger partial charge on any atom is 0.256 e. The first-order valence-electron chi connectivity index (χ1n) is 9.63. The third-order valence-electron chi connectivity index (χ3n) is 5.15. The van der Waals surface area contributed by atoms with Crippen LogP contribution in [0, 0.1) is 5.82 Å². The predicted octanol–water partition coefficient (Wildman–Crippen LogP) is 2.89. The number of methoxy groups -OCH3 is 3. The summed E-state index contributed by atoms with van der Waals surface area (Å²) in [5, 5.41) is 2.98. The first kappa shape index (κ1) is 21.4. The van der Waals surface area contributed by atoms with Crippen molar-refractivity contribution >= 4 is 11.8 Å². The number of nitrogens with zero attached hydrogens (tertiary/aromatic N) is 1. The molecule has 0 radical (unpaired) electrons. The standard InChI is InChI=1S/C22H25FN2O5/c1-28-18-12-14(13-19(29-2)20(18)30-3)21(26)24-15-8-10-25(11-9-15)22(27)16-6-4-5-7-17(16)23/h4-7,12-13,15H,8-11H2,1-3H3,(H,24,26). The molecule has 8 heteroatoms. The molecule has 3 rings (SSSR count). The summed E-state index contributed by atoms with van der Waals surface area (Å²) in [6.45, 7) is 0.876. The molecule has 0 saturated carbocycles. The highest BCUT2D eigenvalue weighted by molar-refractivity contribution is 5.96. The quantitative estimate of drug-likeness (QED) is 0.784. The molecule has 2 amide bonds. The monoisotopic (exact) mass is 416 g/mol. The van der Waals surface area contributed by atoms with Gasteiger partial charge >= 0.3 is 0 Å². The average Bonchev–Trinajstić information content (AvgIpc) is 2.78. The molecule has 2 aromatic carbocycles. The molecule has 1 heterocycles. The van der Waals surface area contributed by atoms with Crippen LogP contribution in [0.25, 0.3) is 0 Å². The predicted molar refractivity (Wildman–Crippen MR) is 109 cm³/mol. The van der Waals surface area contributed by atoms with E-state index in [0.29, 0.717) is 48.7 Å². The van der Waals surface area contributed by atoms with Crippen molar-refractivity contribution in [3.05, 3.63) is 53.3 Å². The number of carbonyl (C=O) groups excluding carboxylic acids is 2. The van der Waals surface area contributed by atoms with E-state index in [9.17, 15) is 14.0 Å². The number of likely N-dealkylation sites (tertiary alicyclic amines) is 1. The molecule has 1 saturated heterocycles. The van der Waals surface area contributed by atoms with Crippen molar-refractivity contribution in [1.82, 2.24) is 10.2 Å². The lowest BCUT2D eigenvalue weighted by Gasteiger charge is -2.32. The summed E-state index contributed by atoms with van der Waals surface area (Å²) in [6.07, 6.45) is 1.16. The van der Waals surface area contributed by atoms with Gasteiger partial charge in [0.05, 0.1) is 26.9 Å². The Morgan fingerprint density at radius 1 is 1.00 bits per heavy atom. The molecule has 7 nitrogen and oxygen atoms in total. The zero-order valence-corrected chi connectivity index (χ0v) is 17.2. The van der Waals surface area contributed by atoms with Crippen LogP contribution < -0.4 is 19.5 Å². The fourth-order valence-corrected chi connectivity index (χ4v) is 3.51. The van der Waals surface area contributed by atoms with Crippen LogP contribution in [0.15, 0.2) is 36.4 Å². The molecule has 0 bridgehead atoms. The number of halogens is 1. The largest absolute Gasteiger partial charge is 0.493 e. The Hall–Kier alpha value is -3.29. The molecule has 0 unspecified atom stereocenters. The third kappa shape index (κ3) is 4.48. The highest BCUT2D eigenvalue weighted by atomic mass is 19.1. The van der Waals surface area contributed by atoms with Gasteiger partial charge in [-0.05, 0) is 37.1 Å². The molecular weight excluding hydrogens is 391 g/mol. The zero-order valence-electron chi connectivity index (χ0n) is 17.2. The Morgan fingerprint density at radius 2 is 1.60 bits per heavy atom. The van der Waals surface area contributed by atoms with Crippen LogP contribution in [0.2, 0.25) is 0 Å². The minimum Gasteiger partial charge on any atom is -0.493 e. The lowest BCUT2D eigenvalue weighted by molar-refractivity contribution is 0.0693. The van der Waals surface area contributed by atoms with Gasteiger partial charge in [0.15, 0.2) is 11.5 Å². The number of nitrogens with one attached hydrogen (secondary N) is 1. The Bertz CT molecular complexity index is 900. The van der Waals surface area contributed by atoms with Gasteiger partial charge in [-0.3, -0.25) is 9.59 Å². The summed E-state index contributed by atoms with van der Waals surface area (Å²) in [5.41, 5.74) is 0.451. The molecule has 0 aromatic heterocycles. The Labute approximate surface area is 174 Å². The van der Waals surface area contributed by atoms with Crippen LogP contribution in [0.5, 0.6) is 17.2 Å². The number of ether oxygens (including phenoxy) is 3. The van der Waals surface area contributed by atoms with E-state index >= 15 is 0 Å². The van der Waals surface area contributed by atoms with Gasteiger partial charge in [-0.1, -0.05) is 12.1 Å². The van der Waals surface area contributed by atoms with E-state index in [-0.39, 0.29) is 23.4 Å². The lowest BCUT2D eigenvalue weighted by atomic mass is 10.0. The van der Waals surface area contributed by atoms with Crippen LogP contribution in [-0.4, -0.2) is 57.2 Å². The topological polar surface area (TPSA) is 77.1 Å². The van der Waals surface area contributed by atoms with Crippen molar-refractivity contribution in [2.75, 3.05) is 34.4 Å². The SMILES string of the molecule is COc1cc(C(=O)NC2CCN(C(=O)c3ccccc3F)CC2)cc(OC)c1OC. The fraction of sp³-hybridized carbons (Fsp3) is 0.364. The van der Waals surface area contributed by atoms with Crippen molar-refractivity contribution in [2.45, 2.75) is 18.9 Å². The second-order valence-electron chi connectivity index (χ2n) is 6.93. The van der Waals surface area contributed by atoms with Gasteiger partial charge in [0.1, 0.15) is 5.82 Å². The van der Waals surface area contributed by atoms with Crippen LogP contribution in [-0.2, 0) is 0 Å². The first-order chi connectivity index (χ1) is 14.5. The summed E-state index contributed by atoms with van der Waals surface area (Å²) < 4.78 is 29.7. The summed E-state index contributed by atoms with van der Waals surface area (Å²) in [7, 11) is 4.47. The van der Waals surface area contributed by atoms with Crippen molar-refractivity contribution in [3.8, 4) is 17.2 Å². The fourth-order valence-electron chi connectivity index (χ4n) is 3.51. The van der Waals surface area contributed by atoms with Gasteiger partial charge in [-0.25, -0.2) is 4.39 Å². The van der Waals surface area contributed by atoms with E-state index in [0.717, 1.165) is 0 Å². The highest BCUT2D eigenvalue weighted by Crippen LogP contribution is 2.38. The van der Waals surface area contributed by atoms with Crippen molar-refractivity contribution < 1.29 is 28.2 Å². The molecule has 160 valence electrons. The number of hydrogen-bond acceptors (Lipinski definition) is 5. The smallest absolute Gasteiger partial charge is 0.256 e. The average molecular weight is 416 g/mol. The van der Waals surface area contributed by atoms with E-state index < -0.39 is 5.82 Å². The number of carbonyl (C=O) groups is 2. The summed E-state index contributed by atoms with van der Waals surface area (Å²) in [6, 6.07) is 9.04. The zero-order chi connectivity index (χ0) is 21.7. The normalized spacial score (nSPS) is 14.2. The molecule has 1 N–H and O–H groups in total. The molecule has 2 aromatic rings. The Kier molecular flexibility index (Phi) is 6.76. The van der Waals surface area contributed by atoms with Gasteiger partial charge in [-0.2, -0.15) is 0 Å². The number of hydrogen-bond donors (Lipinski definition) is 1. The molecule has 0 spiro atoms. The second-order valence-corrected chi connectivity index (χ2v) is 6.93. The summed E-state index contributed by atoms with van der Waals surface area (Å²) in [4.78, 5) is 26.9. The van der Waals surface area contributed by atoms with E-state index in [1.54, 1.807) is 29.2 Å². The molecule has 30 heavy (non-hydrogen) atoms. The van der Waals surface area contributed by atoms with Gasteiger partial charge < -0.3 is 24.4 Å². The van der Waals surface area contributed by atoms with Crippen LogP contribution in [0.1, 0.15) is 33.6 Å². The first-order valence-corrected chi connectivity index (χ1v) is 9.63. The number of piperidine rings is 1. The van der Waals surface area contributed by atoms with E-state index in [2.05, 4.69) is 5.32 Å². The van der Waals surface area contributed by atoms with Gasteiger partial charge in [0, 0.05) is 24.7 Å². The number of rotatable bonds is 6. The van der Waals surface area contributed by atoms with Gasteiger partial charge in [0.25, 0.3) is 11.8 Å². The van der Waals surface area contributed by atoms with Crippen molar-refractivity contribution in [1.29, 1.82) is 0 Å². The minimum absolute atomic E-state index is 0.0670. The van der Waals surface area contributed by atoms with E-state index in [4.69, 9.17) is 14.2 Å². The van der Waals surface area contributed by atoms with Crippen LogP contribution in [0.3, 0.4) is 0 Å². The van der Waals surface area contributed by atoms with Crippen LogP contribution in [0.4, 0.5) is 4.39 Å². The van der Waals surface area contributed by atoms with Crippen LogP contribution >= 0.6 is 0 Å². The number of benzene rings is 2. The highest BCUT2D eigenvalue weighted by Gasteiger charge is 2.27. The molecule has 0 atom stereocenters. The van der Waals surface area contributed by atoms with Gasteiger partial charge in [0.2, 0.25) is 5.75 Å². The van der Waals surface area contributed by atoms with Crippen molar-refractivity contribution in [2.24, 2.45) is 0 Å². The van der Waals surface area contributed by atoms with E-state index in [1.165, 1.54) is 33.5 Å². The molecular formula is C22H25FN2O5. The molecule has 0 aliphatic carbocycles. The molecule has 1 aliphatic rings. The molecule has 1 aliphatic heterocycles. The maximum atomic E-state index is 13.9. The molecule has 1 fully saturated rings. The maximum absolute atomic E-state index is 13.9. The Morgan fingerprint density at radius 3 is 2.13 bits per heavy atom. The van der Waals surface area contributed by atoms with Gasteiger partial charge in [-0.15, -0.1) is 0 Å². The Balaban J connectivity index is 1.63. The lowest BCUT2D eigenvalue weighted by Crippen LogP contribution is -2.46. The van der Waals surface area contributed by atoms with Crippen molar-refractivity contribution in [3.63, 3.8) is 0 Å². The summed E-state index contributed by atoms with van der Waals surface area (Å²) in [5.74, 6) is 0.0760. The van der Waals surface area contributed by atoms with E-state index in [1.807, 2.05) is 0 Å². The number of amides is 2. The second kappa shape index (κ2) is 9.47. The minimum atomic E-state index is -0.527. The summed E-state index contributed by atoms with van der Waals surface area (Å²) >= 11 is 0.